The molecule has 0 aliphatic carbocycles. The van der Waals surface area contributed by atoms with Gasteiger partial charge in [0.1, 0.15) is 6.10 Å². The van der Waals surface area contributed by atoms with Crippen molar-refractivity contribution in [3.8, 4) is 0 Å². The summed E-state index contributed by atoms with van der Waals surface area (Å²) >= 11 is 0. The Morgan fingerprint density at radius 3 is 2.75 bits per heavy atom. The highest BCUT2D eigenvalue weighted by Crippen LogP contribution is 2.22. The topological polar surface area (TPSA) is 58.6 Å². The molecule has 0 aromatic heterocycles. The van der Waals surface area contributed by atoms with Crippen LogP contribution in [0, 0.1) is 5.92 Å². The summed E-state index contributed by atoms with van der Waals surface area (Å²) in [6, 6.07) is -0.132. The van der Waals surface area contributed by atoms with E-state index in [1.807, 2.05) is 6.92 Å². The molecule has 0 radical (unpaired) electrons. The molecule has 12 heavy (non-hydrogen) atoms. The third-order valence-corrected chi connectivity index (χ3v) is 2.41. The second-order valence-corrected chi connectivity index (χ2v) is 3.03. The highest BCUT2D eigenvalue weighted by Gasteiger charge is 2.40. The van der Waals surface area contributed by atoms with Crippen LogP contribution in [0.2, 0.25) is 0 Å². The van der Waals surface area contributed by atoms with Gasteiger partial charge in [0.25, 0.3) is 0 Å². The molecule has 70 valence electrons. The van der Waals surface area contributed by atoms with Crippen LogP contribution in [0.1, 0.15) is 13.3 Å². The van der Waals surface area contributed by atoms with Crippen LogP contribution in [-0.4, -0.2) is 36.9 Å². The standard InChI is InChI=1S/C8H15NO3/c1-3-5-6(4-10)9-8(11)7(5)12-2/h5-7,10H,3-4H2,1-2H3,(H,9,11)/t5-,6+,7-/m0/s1. The summed E-state index contributed by atoms with van der Waals surface area (Å²) in [5, 5.41) is 11.6. The van der Waals surface area contributed by atoms with E-state index in [0.29, 0.717) is 0 Å². The van der Waals surface area contributed by atoms with Gasteiger partial charge in [-0.25, -0.2) is 0 Å². The first-order valence-electron chi connectivity index (χ1n) is 4.18. The molecule has 1 rings (SSSR count). The number of aliphatic hydroxyl groups excluding tert-OH is 1. The number of hydrogen-bond donors (Lipinski definition) is 2. The number of methoxy groups -OCH3 is 1. The van der Waals surface area contributed by atoms with Crippen molar-refractivity contribution in [2.75, 3.05) is 13.7 Å². The molecule has 2 N–H and O–H groups in total. The fraction of sp³-hybridized carbons (Fsp3) is 0.875. The molecular formula is C8H15NO3. The van der Waals surface area contributed by atoms with Crippen LogP contribution in [0.15, 0.2) is 0 Å². The van der Waals surface area contributed by atoms with Gasteiger partial charge in [-0.15, -0.1) is 0 Å². The maximum absolute atomic E-state index is 11.2. The van der Waals surface area contributed by atoms with Gasteiger partial charge in [-0.05, 0) is 6.42 Å². The fourth-order valence-electron chi connectivity index (χ4n) is 1.74. The summed E-state index contributed by atoms with van der Waals surface area (Å²) in [5.74, 6) is -0.00380. The molecule has 0 spiro atoms. The Morgan fingerprint density at radius 1 is 1.67 bits per heavy atom. The Morgan fingerprint density at radius 2 is 2.33 bits per heavy atom. The van der Waals surface area contributed by atoms with Crippen molar-refractivity contribution in [1.82, 2.24) is 5.32 Å². The number of ether oxygens (including phenoxy) is 1. The second-order valence-electron chi connectivity index (χ2n) is 3.03. The number of hydrogen-bond acceptors (Lipinski definition) is 3. The lowest BCUT2D eigenvalue weighted by Crippen LogP contribution is -2.32. The molecule has 4 nitrogen and oxygen atoms in total. The third-order valence-electron chi connectivity index (χ3n) is 2.41. The predicted molar refractivity (Wildman–Crippen MR) is 43.6 cm³/mol. The molecule has 0 aromatic carbocycles. The lowest BCUT2D eigenvalue weighted by Gasteiger charge is -2.17. The summed E-state index contributed by atoms with van der Waals surface area (Å²) in [7, 11) is 1.52. The van der Waals surface area contributed by atoms with Gasteiger partial charge in [0.05, 0.1) is 12.6 Å². The van der Waals surface area contributed by atoms with E-state index < -0.39 is 0 Å². The highest BCUT2D eigenvalue weighted by molar-refractivity contribution is 5.84. The molecule has 0 bridgehead atoms. The smallest absolute Gasteiger partial charge is 0.249 e. The molecule has 1 amide bonds. The largest absolute Gasteiger partial charge is 0.394 e. The molecule has 0 aromatic rings. The second kappa shape index (κ2) is 3.87. The number of aliphatic hydroxyl groups is 1. The van der Waals surface area contributed by atoms with Gasteiger partial charge < -0.3 is 15.2 Å². The van der Waals surface area contributed by atoms with Crippen molar-refractivity contribution in [2.45, 2.75) is 25.5 Å². The van der Waals surface area contributed by atoms with Crippen LogP contribution in [0.3, 0.4) is 0 Å². The quantitative estimate of drug-likeness (QED) is 0.606. The number of carbonyl (C=O) groups excluding carboxylic acids is 1. The van der Waals surface area contributed by atoms with Crippen LogP contribution < -0.4 is 5.32 Å². The zero-order chi connectivity index (χ0) is 9.14. The number of nitrogens with one attached hydrogen (secondary N) is 1. The molecule has 1 fully saturated rings. The van der Waals surface area contributed by atoms with Gasteiger partial charge in [0.2, 0.25) is 5.91 Å². The van der Waals surface area contributed by atoms with Gasteiger partial charge in [0, 0.05) is 13.0 Å². The van der Waals surface area contributed by atoms with Crippen molar-refractivity contribution in [3.63, 3.8) is 0 Å². The van der Waals surface area contributed by atoms with E-state index in [2.05, 4.69) is 5.32 Å². The average molecular weight is 173 g/mol. The first kappa shape index (κ1) is 9.48. The highest BCUT2D eigenvalue weighted by atomic mass is 16.5. The molecule has 4 heteroatoms. The minimum atomic E-state index is -0.382. The number of rotatable bonds is 3. The SMILES string of the molecule is CC[C@@H]1[C@H](OC)C(=O)N[C@@H]1CO. The van der Waals surface area contributed by atoms with Crippen molar-refractivity contribution in [3.05, 3.63) is 0 Å². The normalized spacial score (nSPS) is 35.2. The number of amides is 1. The molecule has 1 aliphatic rings. The van der Waals surface area contributed by atoms with E-state index in [1.165, 1.54) is 7.11 Å². The van der Waals surface area contributed by atoms with E-state index in [1.54, 1.807) is 0 Å². The zero-order valence-corrected chi connectivity index (χ0v) is 7.41. The lowest BCUT2D eigenvalue weighted by molar-refractivity contribution is -0.128. The van der Waals surface area contributed by atoms with Crippen LogP contribution in [0.4, 0.5) is 0 Å². The minimum absolute atomic E-state index is 0.00981. The zero-order valence-electron chi connectivity index (χ0n) is 7.41. The summed E-state index contributed by atoms with van der Waals surface area (Å²) < 4.78 is 5.04. The van der Waals surface area contributed by atoms with Crippen molar-refractivity contribution < 1.29 is 14.6 Å². The van der Waals surface area contributed by atoms with E-state index >= 15 is 0 Å². The third kappa shape index (κ3) is 1.44. The van der Waals surface area contributed by atoms with E-state index in [0.717, 1.165) is 6.42 Å². The molecule has 1 heterocycles. The molecule has 0 saturated carbocycles. The maximum Gasteiger partial charge on any atom is 0.249 e. The Bertz CT molecular complexity index is 172. The van der Waals surface area contributed by atoms with Crippen molar-refractivity contribution >= 4 is 5.91 Å². The van der Waals surface area contributed by atoms with E-state index in [-0.39, 0.29) is 30.6 Å². The van der Waals surface area contributed by atoms with Gasteiger partial charge in [0.15, 0.2) is 0 Å². The molecule has 1 saturated heterocycles. The van der Waals surface area contributed by atoms with Crippen molar-refractivity contribution in [1.29, 1.82) is 0 Å². The summed E-state index contributed by atoms with van der Waals surface area (Å²) in [5.41, 5.74) is 0. The Labute approximate surface area is 71.9 Å². The Balaban J connectivity index is 2.68. The molecule has 0 unspecified atom stereocenters. The van der Waals surface area contributed by atoms with Gasteiger partial charge in [-0.3, -0.25) is 4.79 Å². The minimum Gasteiger partial charge on any atom is -0.394 e. The first-order chi connectivity index (χ1) is 5.74. The fourth-order valence-corrected chi connectivity index (χ4v) is 1.74. The molecular weight excluding hydrogens is 158 g/mol. The molecule has 3 atom stereocenters. The van der Waals surface area contributed by atoms with Crippen LogP contribution in [0.25, 0.3) is 0 Å². The summed E-state index contributed by atoms with van der Waals surface area (Å²) in [4.78, 5) is 11.2. The van der Waals surface area contributed by atoms with Crippen molar-refractivity contribution in [2.24, 2.45) is 5.92 Å². The monoisotopic (exact) mass is 173 g/mol. The van der Waals surface area contributed by atoms with Crippen LogP contribution in [0.5, 0.6) is 0 Å². The van der Waals surface area contributed by atoms with E-state index in [4.69, 9.17) is 9.84 Å². The first-order valence-corrected chi connectivity index (χ1v) is 4.18. The average Bonchev–Trinajstić information content (AvgIpc) is 2.40. The van der Waals surface area contributed by atoms with Gasteiger partial charge in [-0.1, -0.05) is 6.92 Å². The van der Waals surface area contributed by atoms with E-state index in [9.17, 15) is 4.79 Å². The van der Waals surface area contributed by atoms with Crippen LogP contribution >= 0.6 is 0 Å². The lowest BCUT2D eigenvalue weighted by atomic mass is 9.96. The Kier molecular flexibility index (Phi) is 3.05. The predicted octanol–water partition coefficient (Wildman–Crippen LogP) is -0.482. The molecule has 1 aliphatic heterocycles. The Hall–Kier alpha value is -0.610. The summed E-state index contributed by atoms with van der Waals surface area (Å²) in [6.07, 6.45) is 0.454. The van der Waals surface area contributed by atoms with Crippen LogP contribution in [-0.2, 0) is 9.53 Å². The number of carbonyl (C=O) groups is 1. The van der Waals surface area contributed by atoms with Gasteiger partial charge >= 0.3 is 0 Å². The summed E-state index contributed by atoms with van der Waals surface area (Å²) in [6.45, 7) is 1.98. The maximum atomic E-state index is 11.2. The van der Waals surface area contributed by atoms with Gasteiger partial charge in [-0.2, -0.15) is 0 Å².